The lowest BCUT2D eigenvalue weighted by Crippen LogP contribution is -2.61. The number of esters is 2. The maximum Gasteiger partial charge on any atom is 0.306 e. The third-order valence-corrected chi connectivity index (χ3v) is 11.2. The van der Waals surface area contributed by atoms with Crippen molar-refractivity contribution in [3.8, 4) is 0 Å². The first-order valence-corrected chi connectivity index (χ1v) is 23.3. The number of carbonyl (C=O) groups excluding carboxylic acids is 2. The molecule has 11 unspecified atom stereocenters. The second-order valence-corrected chi connectivity index (χ2v) is 16.6. The summed E-state index contributed by atoms with van der Waals surface area (Å²) in [7, 11) is 0. The highest BCUT2D eigenvalue weighted by Crippen LogP contribution is 2.26. The second kappa shape index (κ2) is 33.8. The minimum absolute atomic E-state index is 0.157. The molecule has 0 aromatic rings. The topological polar surface area (TPSA) is 231 Å². The van der Waals surface area contributed by atoms with Crippen molar-refractivity contribution < 1.29 is 73.8 Å². The van der Waals surface area contributed by atoms with Crippen molar-refractivity contribution in [1.82, 2.24) is 0 Å². The van der Waals surface area contributed by atoms with Crippen LogP contribution in [-0.4, -0.2) is 142 Å². The molecule has 0 radical (unpaired) electrons. The van der Waals surface area contributed by atoms with E-state index in [0.717, 1.165) is 64.2 Å². The van der Waals surface area contributed by atoms with E-state index in [1.807, 2.05) is 0 Å². The Labute approximate surface area is 359 Å². The fraction of sp³-hybridized carbons (Fsp3) is 0.911. The number of hydrogen-bond donors (Lipinski definition) is 7. The summed E-state index contributed by atoms with van der Waals surface area (Å²) in [4.78, 5) is 25.6. The molecular weight excluding hydrogens is 780 g/mol. The molecule has 60 heavy (non-hydrogen) atoms. The first-order valence-electron chi connectivity index (χ1n) is 23.3. The number of unbranched alkanes of at least 4 members (excludes halogenated alkanes) is 19. The number of rotatable bonds is 35. The molecule has 0 aromatic carbocycles. The Balaban J connectivity index is 1.84. The maximum absolute atomic E-state index is 12.9. The highest BCUT2D eigenvalue weighted by atomic mass is 16.7. The largest absolute Gasteiger partial charge is 0.462 e. The minimum Gasteiger partial charge on any atom is -0.462 e. The van der Waals surface area contributed by atoms with Gasteiger partial charge >= 0.3 is 11.9 Å². The quantitative estimate of drug-likeness (QED) is 0.0252. The van der Waals surface area contributed by atoms with E-state index in [9.17, 15) is 45.3 Å². The summed E-state index contributed by atoms with van der Waals surface area (Å²) in [6.45, 7) is 2.51. The van der Waals surface area contributed by atoms with Crippen LogP contribution in [0.1, 0.15) is 168 Å². The van der Waals surface area contributed by atoms with Crippen molar-refractivity contribution in [2.24, 2.45) is 0 Å². The van der Waals surface area contributed by atoms with Gasteiger partial charge in [0, 0.05) is 12.8 Å². The number of allylic oxidation sites excluding steroid dienone is 2. The number of carbonyl (C=O) groups is 2. The Morgan fingerprint density at radius 1 is 0.517 bits per heavy atom. The van der Waals surface area contributed by atoms with Gasteiger partial charge < -0.3 is 64.2 Å². The van der Waals surface area contributed by atoms with Crippen LogP contribution in [0.3, 0.4) is 0 Å². The van der Waals surface area contributed by atoms with E-state index >= 15 is 0 Å². The van der Waals surface area contributed by atoms with E-state index < -0.39 is 92.7 Å². The molecule has 2 saturated heterocycles. The second-order valence-electron chi connectivity index (χ2n) is 16.6. The summed E-state index contributed by atoms with van der Waals surface area (Å²) in [6.07, 6.45) is 12.6. The lowest BCUT2D eigenvalue weighted by Gasteiger charge is -2.42. The lowest BCUT2D eigenvalue weighted by molar-refractivity contribution is -0.332. The van der Waals surface area contributed by atoms with Crippen LogP contribution in [-0.2, 0) is 38.0 Å². The van der Waals surface area contributed by atoms with Crippen molar-refractivity contribution >= 4 is 11.9 Å². The SMILES string of the molecule is CCC/C=C\CCCCCCCC(=O)OC(COC(=O)CCCCCCCCCCCCCCCC)COC1OC(COC2OC(CO)C(O)C(O)C2O)C(O)C(O)C1O. The average Bonchev–Trinajstić information content (AvgIpc) is 3.24. The van der Waals surface area contributed by atoms with Crippen LogP contribution in [0.2, 0.25) is 0 Å². The average molecular weight is 863 g/mol. The number of ether oxygens (including phenoxy) is 6. The molecule has 0 amide bonds. The molecule has 352 valence electrons. The monoisotopic (exact) mass is 863 g/mol. The van der Waals surface area contributed by atoms with Gasteiger partial charge in [-0.1, -0.05) is 135 Å². The van der Waals surface area contributed by atoms with Crippen LogP contribution >= 0.6 is 0 Å². The van der Waals surface area contributed by atoms with Crippen LogP contribution in [0.25, 0.3) is 0 Å². The molecule has 0 bridgehead atoms. The van der Waals surface area contributed by atoms with E-state index in [4.69, 9.17) is 28.4 Å². The summed E-state index contributed by atoms with van der Waals surface area (Å²) in [5, 5.41) is 71.8. The van der Waals surface area contributed by atoms with E-state index in [2.05, 4.69) is 26.0 Å². The molecule has 2 aliphatic heterocycles. The molecule has 0 aromatic heterocycles. The summed E-state index contributed by atoms with van der Waals surface area (Å²) in [5.74, 6) is -0.932. The van der Waals surface area contributed by atoms with Crippen LogP contribution in [0.15, 0.2) is 12.2 Å². The van der Waals surface area contributed by atoms with Gasteiger partial charge in [-0.2, -0.15) is 0 Å². The van der Waals surface area contributed by atoms with Crippen molar-refractivity contribution in [3.63, 3.8) is 0 Å². The standard InChI is InChI=1S/C45H82O15/c1-3-5-7-9-11-13-15-16-17-18-20-21-23-25-27-36(47)55-30-33(58-37(48)28-26-24-22-19-14-12-10-8-6-4-2)31-56-44-43(54)41(52)39(50)35(60-44)32-57-45-42(53)40(51)38(49)34(29-46)59-45/h8,10,33-35,38-46,49-54H,3-7,9,11-32H2,1-2H3/b10-8-. The molecule has 2 rings (SSSR count). The summed E-state index contributed by atoms with van der Waals surface area (Å²) < 4.78 is 33.4. The Kier molecular flexibility index (Phi) is 30.6. The van der Waals surface area contributed by atoms with E-state index in [0.29, 0.717) is 12.8 Å². The van der Waals surface area contributed by atoms with Crippen molar-refractivity contribution in [2.75, 3.05) is 26.4 Å². The zero-order valence-electron chi connectivity index (χ0n) is 36.7. The number of aliphatic hydroxyl groups is 7. The third-order valence-electron chi connectivity index (χ3n) is 11.2. The fourth-order valence-electron chi connectivity index (χ4n) is 7.34. The molecule has 0 spiro atoms. The fourth-order valence-corrected chi connectivity index (χ4v) is 7.34. The molecule has 15 heteroatoms. The molecule has 7 N–H and O–H groups in total. The van der Waals surface area contributed by atoms with Gasteiger partial charge in [0.2, 0.25) is 0 Å². The van der Waals surface area contributed by atoms with Crippen LogP contribution in [0, 0.1) is 0 Å². The molecule has 2 aliphatic rings. The smallest absolute Gasteiger partial charge is 0.306 e. The highest BCUT2D eigenvalue weighted by Gasteiger charge is 2.47. The van der Waals surface area contributed by atoms with E-state index in [-0.39, 0.29) is 26.1 Å². The van der Waals surface area contributed by atoms with E-state index in [1.54, 1.807) is 0 Å². The van der Waals surface area contributed by atoms with Crippen molar-refractivity contribution in [2.45, 2.75) is 235 Å². The summed E-state index contributed by atoms with van der Waals surface area (Å²) in [6, 6.07) is 0. The van der Waals surface area contributed by atoms with Crippen LogP contribution < -0.4 is 0 Å². The van der Waals surface area contributed by atoms with Gasteiger partial charge in [-0.25, -0.2) is 0 Å². The maximum atomic E-state index is 12.9. The Bertz CT molecular complexity index is 1110. The van der Waals surface area contributed by atoms with Crippen LogP contribution in [0.4, 0.5) is 0 Å². The van der Waals surface area contributed by atoms with Gasteiger partial charge in [-0.15, -0.1) is 0 Å². The predicted molar refractivity (Wildman–Crippen MR) is 224 cm³/mol. The zero-order valence-corrected chi connectivity index (χ0v) is 36.7. The molecular formula is C45H82O15. The van der Waals surface area contributed by atoms with E-state index in [1.165, 1.54) is 64.2 Å². The number of hydrogen-bond acceptors (Lipinski definition) is 15. The van der Waals surface area contributed by atoms with Crippen molar-refractivity contribution in [3.05, 3.63) is 12.2 Å². The van der Waals surface area contributed by atoms with Gasteiger partial charge in [0.15, 0.2) is 18.7 Å². The Hall–Kier alpha value is -1.76. The first kappa shape index (κ1) is 54.4. The Morgan fingerprint density at radius 3 is 1.53 bits per heavy atom. The van der Waals surface area contributed by atoms with Gasteiger partial charge in [0.25, 0.3) is 0 Å². The molecule has 2 fully saturated rings. The first-order chi connectivity index (χ1) is 29.0. The molecule has 0 aliphatic carbocycles. The summed E-state index contributed by atoms with van der Waals surface area (Å²) in [5.41, 5.74) is 0. The predicted octanol–water partition coefficient (Wildman–Crippen LogP) is 5.04. The highest BCUT2D eigenvalue weighted by molar-refractivity contribution is 5.70. The molecule has 0 saturated carbocycles. The lowest BCUT2D eigenvalue weighted by atomic mass is 9.98. The molecule has 2 heterocycles. The third kappa shape index (κ3) is 22.5. The minimum atomic E-state index is -1.76. The summed E-state index contributed by atoms with van der Waals surface area (Å²) >= 11 is 0. The Morgan fingerprint density at radius 2 is 0.983 bits per heavy atom. The van der Waals surface area contributed by atoms with Gasteiger partial charge in [0.05, 0.1) is 19.8 Å². The zero-order chi connectivity index (χ0) is 44.0. The molecule has 15 nitrogen and oxygen atoms in total. The normalized spacial score (nSPS) is 27.6. The van der Waals surface area contributed by atoms with Gasteiger partial charge in [0.1, 0.15) is 55.4 Å². The molecule has 11 atom stereocenters. The van der Waals surface area contributed by atoms with Gasteiger partial charge in [-0.3, -0.25) is 9.59 Å². The van der Waals surface area contributed by atoms with Crippen LogP contribution in [0.5, 0.6) is 0 Å². The van der Waals surface area contributed by atoms with Crippen molar-refractivity contribution in [1.29, 1.82) is 0 Å². The van der Waals surface area contributed by atoms with Gasteiger partial charge in [-0.05, 0) is 32.1 Å². The number of aliphatic hydroxyl groups excluding tert-OH is 7.